The molecule has 4 aromatic rings. The number of carbonyl (C=O) groups excluding carboxylic acids is 1. The number of hydrogen-bond donors (Lipinski definition) is 1. The highest BCUT2D eigenvalue weighted by Crippen LogP contribution is 2.38. The van der Waals surface area contributed by atoms with Crippen molar-refractivity contribution in [2.75, 3.05) is 40.4 Å². The first-order valence-electron chi connectivity index (χ1n) is 13.6. The monoisotopic (exact) mass is 529 g/mol. The smallest absolute Gasteiger partial charge is 0.220 e. The number of likely N-dealkylation sites (tertiary alicyclic amines) is 1. The van der Waals surface area contributed by atoms with Gasteiger partial charge in [-0.15, -0.1) is 0 Å². The van der Waals surface area contributed by atoms with Gasteiger partial charge in [-0.2, -0.15) is 0 Å². The molecule has 1 amide bonds. The van der Waals surface area contributed by atoms with Crippen molar-refractivity contribution < 1.29 is 18.7 Å². The van der Waals surface area contributed by atoms with E-state index in [1.54, 1.807) is 14.2 Å². The summed E-state index contributed by atoms with van der Waals surface area (Å²) in [5, 5.41) is 4.23. The second kappa shape index (κ2) is 12.3. The maximum Gasteiger partial charge on any atom is 0.220 e. The van der Waals surface area contributed by atoms with Gasteiger partial charge in [0.15, 0.2) is 0 Å². The molecular formula is C32H36FN3O3. The molecule has 1 atom stereocenters. The van der Waals surface area contributed by atoms with E-state index in [1.165, 1.54) is 25.0 Å². The van der Waals surface area contributed by atoms with Gasteiger partial charge in [0.25, 0.3) is 0 Å². The van der Waals surface area contributed by atoms with Crippen LogP contribution in [0.15, 0.2) is 72.9 Å². The minimum atomic E-state index is -0.250. The average molecular weight is 530 g/mol. The van der Waals surface area contributed by atoms with E-state index in [4.69, 9.17) is 9.47 Å². The molecule has 0 saturated carbocycles. The molecule has 1 unspecified atom stereocenters. The molecule has 1 N–H and O–H groups in total. The highest BCUT2D eigenvalue weighted by atomic mass is 19.1. The zero-order valence-electron chi connectivity index (χ0n) is 22.7. The van der Waals surface area contributed by atoms with E-state index in [2.05, 4.69) is 33.1 Å². The van der Waals surface area contributed by atoms with E-state index in [0.29, 0.717) is 31.0 Å². The predicted octanol–water partition coefficient (Wildman–Crippen LogP) is 5.58. The summed E-state index contributed by atoms with van der Waals surface area (Å²) in [6.45, 7) is 4.32. The van der Waals surface area contributed by atoms with Crippen LogP contribution in [-0.2, 0) is 11.3 Å². The summed E-state index contributed by atoms with van der Waals surface area (Å²) in [6.07, 6.45) is 4.88. The Balaban J connectivity index is 1.49. The van der Waals surface area contributed by atoms with Crippen molar-refractivity contribution in [1.82, 2.24) is 14.8 Å². The van der Waals surface area contributed by atoms with Gasteiger partial charge in [0, 0.05) is 55.1 Å². The topological polar surface area (TPSA) is 55.7 Å². The standard InChI is InChI=1S/C32H36FN3O3/c1-38-26-17-24(18-27(19-26)39-2)29(20-32(37)34-13-16-35-14-5-6-15-35)30-22-36(31-8-4-3-7-28(30)31)21-23-9-11-25(33)12-10-23/h3-4,7-12,17-19,22,29H,5-6,13-16,20-21H2,1-2H3,(H,34,37). The van der Waals surface area contributed by atoms with E-state index in [0.717, 1.165) is 47.2 Å². The third-order valence-corrected chi connectivity index (χ3v) is 7.58. The first-order valence-corrected chi connectivity index (χ1v) is 13.6. The molecule has 204 valence electrons. The third-order valence-electron chi connectivity index (χ3n) is 7.58. The van der Waals surface area contributed by atoms with Crippen LogP contribution in [0.4, 0.5) is 4.39 Å². The number of methoxy groups -OCH3 is 2. The minimum Gasteiger partial charge on any atom is -0.497 e. The molecule has 6 nitrogen and oxygen atoms in total. The largest absolute Gasteiger partial charge is 0.497 e. The van der Waals surface area contributed by atoms with E-state index < -0.39 is 0 Å². The second-order valence-electron chi connectivity index (χ2n) is 10.2. The Kier molecular flexibility index (Phi) is 8.47. The number of aromatic nitrogens is 1. The normalized spacial score (nSPS) is 14.4. The van der Waals surface area contributed by atoms with Crippen LogP contribution in [0.3, 0.4) is 0 Å². The first kappa shape index (κ1) is 26.8. The predicted molar refractivity (Wildman–Crippen MR) is 152 cm³/mol. The molecular weight excluding hydrogens is 493 g/mol. The van der Waals surface area contributed by atoms with Gasteiger partial charge >= 0.3 is 0 Å². The molecule has 3 aromatic carbocycles. The molecule has 5 rings (SSSR count). The maximum atomic E-state index is 13.5. The second-order valence-corrected chi connectivity index (χ2v) is 10.2. The fourth-order valence-electron chi connectivity index (χ4n) is 5.53. The van der Waals surface area contributed by atoms with E-state index in [9.17, 15) is 9.18 Å². The lowest BCUT2D eigenvalue weighted by Crippen LogP contribution is -2.34. The molecule has 7 heteroatoms. The molecule has 0 radical (unpaired) electrons. The fraction of sp³-hybridized carbons (Fsp3) is 0.344. The minimum absolute atomic E-state index is 0.0105. The Hall–Kier alpha value is -3.84. The number of nitrogens with zero attached hydrogens (tertiary/aromatic N) is 2. The molecule has 0 spiro atoms. The Morgan fingerprint density at radius 1 is 0.974 bits per heavy atom. The summed E-state index contributed by atoms with van der Waals surface area (Å²) in [5.41, 5.74) is 4.07. The molecule has 1 fully saturated rings. The number of ether oxygens (including phenoxy) is 2. The van der Waals surface area contributed by atoms with Gasteiger partial charge in [-0.25, -0.2) is 4.39 Å². The molecule has 0 bridgehead atoms. The highest BCUT2D eigenvalue weighted by Gasteiger charge is 2.24. The molecule has 1 saturated heterocycles. The summed E-state index contributed by atoms with van der Waals surface area (Å²) >= 11 is 0. The van der Waals surface area contributed by atoms with Crippen molar-refractivity contribution >= 4 is 16.8 Å². The van der Waals surface area contributed by atoms with Crippen LogP contribution in [0, 0.1) is 5.82 Å². The Morgan fingerprint density at radius 3 is 2.36 bits per heavy atom. The summed E-state index contributed by atoms with van der Waals surface area (Å²) in [5.74, 6) is 0.897. The number of para-hydroxylation sites is 1. The summed E-state index contributed by atoms with van der Waals surface area (Å²) in [7, 11) is 3.26. The number of amides is 1. The Labute approximate surface area is 229 Å². The molecule has 2 heterocycles. The number of rotatable bonds is 11. The van der Waals surface area contributed by atoms with Gasteiger partial charge < -0.3 is 24.3 Å². The average Bonchev–Trinajstić information content (AvgIpc) is 3.61. The van der Waals surface area contributed by atoms with Crippen molar-refractivity contribution in [2.45, 2.75) is 31.7 Å². The van der Waals surface area contributed by atoms with Crippen LogP contribution in [0.5, 0.6) is 11.5 Å². The van der Waals surface area contributed by atoms with Crippen molar-refractivity contribution in [2.24, 2.45) is 0 Å². The van der Waals surface area contributed by atoms with Gasteiger partial charge in [0.05, 0.1) is 14.2 Å². The van der Waals surface area contributed by atoms with Gasteiger partial charge in [-0.3, -0.25) is 4.79 Å². The van der Waals surface area contributed by atoms with Crippen LogP contribution in [0.2, 0.25) is 0 Å². The number of halogens is 1. The van der Waals surface area contributed by atoms with Crippen LogP contribution in [0.1, 0.15) is 41.9 Å². The number of hydrogen-bond acceptors (Lipinski definition) is 4. The third kappa shape index (κ3) is 6.42. The fourth-order valence-corrected chi connectivity index (χ4v) is 5.53. The van der Waals surface area contributed by atoms with Crippen molar-refractivity contribution in [1.29, 1.82) is 0 Å². The van der Waals surface area contributed by atoms with E-state index in [-0.39, 0.29) is 17.6 Å². The van der Waals surface area contributed by atoms with E-state index in [1.807, 2.05) is 42.5 Å². The lowest BCUT2D eigenvalue weighted by molar-refractivity contribution is -0.121. The molecule has 39 heavy (non-hydrogen) atoms. The van der Waals surface area contributed by atoms with Crippen molar-refractivity contribution in [3.05, 3.63) is 95.4 Å². The number of benzene rings is 3. The Morgan fingerprint density at radius 2 is 1.67 bits per heavy atom. The molecule has 1 aliphatic heterocycles. The Bertz CT molecular complexity index is 1390. The van der Waals surface area contributed by atoms with Crippen LogP contribution >= 0.6 is 0 Å². The summed E-state index contributed by atoms with van der Waals surface area (Å²) in [4.78, 5) is 15.7. The van der Waals surface area contributed by atoms with Gasteiger partial charge in [0.1, 0.15) is 17.3 Å². The molecule has 1 aromatic heterocycles. The zero-order chi connectivity index (χ0) is 27.2. The van der Waals surface area contributed by atoms with Crippen LogP contribution in [0.25, 0.3) is 10.9 Å². The summed E-state index contributed by atoms with van der Waals surface area (Å²) in [6, 6.07) is 20.6. The lowest BCUT2D eigenvalue weighted by Gasteiger charge is -2.20. The van der Waals surface area contributed by atoms with Gasteiger partial charge in [-0.1, -0.05) is 30.3 Å². The molecule has 0 aliphatic carbocycles. The van der Waals surface area contributed by atoms with E-state index >= 15 is 0 Å². The van der Waals surface area contributed by atoms with Crippen LogP contribution in [-0.4, -0.2) is 55.8 Å². The van der Waals surface area contributed by atoms with Gasteiger partial charge in [0.2, 0.25) is 5.91 Å². The quantitative estimate of drug-likeness (QED) is 0.276. The van der Waals surface area contributed by atoms with Crippen molar-refractivity contribution in [3.8, 4) is 11.5 Å². The number of nitrogens with one attached hydrogen (secondary N) is 1. The summed E-state index contributed by atoms with van der Waals surface area (Å²) < 4.78 is 26.8. The first-order chi connectivity index (χ1) is 19.0. The highest BCUT2D eigenvalue weighted by molar-refractivity contribution is 5.87. The van der Waals surface area contributed by atoms with Crippen LogP contribution < -0.4 is 14.8 Å². The maximum absolute atomic E-state index is 13.5. The number of carbonyl (C=O) groups is 1. The number of fused-ring (bicyclic) bond motifs is 1. The van der Waals surface area contributed by atoms with Gasteiger partial charge in [-0.05, 0) is 73.0 Å². The SMILES string of the molecule is COc1cc(OC)cc(C(CC(=O)NCCN2CCCC2)c2cn(Cc3ccc(F)cc3)c3ccccc23)c1. The van der Waals surface area contributed by atoms with Crippen molar-refractivity contribution in [3.63, 3.8) is 0 Å². The zero-order valence-corrected chi connectivity index (χ0v) is 22.7. The lowest BCUT2D eigenvalue weighted by atomic mass is 9.87. The molecule has 1 aliphatic rings.